The van der Waals surface area contributed by atoms with Crippen LogP contribution in [0.15, 0.2) is 54.6 Å². The van der Waals surface area contributed by atoms with E-state index in [4.69, 9.17) is 9.47 Å². The summed E-state index contributed by atoms with van der Waals surface area (Å²) in [6, 6.07) is 16.2. The van der Waals surface area contributed by atoms with E-state index in [0.717, 1.165) is 49.8 Å². The first-order valence-electron chi connectivity index (χ1n) is 10.7. The summed E-state index contributed by atoms with van der Waals surface area (Å²) in [4.78, 5) is 15.5. The van der Waals surface area contributed by atoms with E-state index < -0.39 is 0 Å². The molecule has 0 unspecified atom stereocenters. The third-order valence-corrected chi connectivity index (χ3v) is 5.87. The number of quaternary nitrogens is 2. The second-order valence-corrected chi connectivity index (χ2v) is 8.10. The van der Waals surface area contributed by atoms with Gasteiger partial charge in [0.05, 0.1) is 12.6 Å². The van der Waals surface area contributed by atoms with Gasteiger partial charge in [0.2, 0.25) is 6.79 Å². The topological polar surface area (TPSA) is 56.4 Å². The third-order valence-electron chi connectivity index (χ3n) is 5.87. The maximum Gasteiger partial charge on any atom is 0.275 e. The van der Waals surface area contributed by atoms with Gasteiger partial charge in [0.15, 0.2) is 18.0 Å². The van der Waals surface area contributed by atoms with E-state index in [0.29, 0.717) is 6.54 Å². The van der Waals surface area contributed by atoms with Crippen molar-refractivity contribution in [3.8, 4) is 11.5 Å². The molecule has 0 bridgehead atoms. The van der Waals surface area contributed by atoms with Gasteiger partial charge in [-0.1, -0.05) is 42.5 Å². The van der Waals surface area contributed by atoms with Crippen LogP contribution < -0.4 is 24.6 Å². The summed E-state index contributed by atoms with van der Waals surface area (Å²) >= 11 is 0. The number of benzene rings is 2. The Kier molecular flexibility index (Phi) is 6.67. The Morgan fingerprint density at radius 3 is 2.57 bits per heavy atom. The van der Waals surface area contributed by atoms with Gasteiger partial charge < -0.3 is 24.6 Å². The average Bonchev–Trinajstić information content (AvgIpc) is 3.23. The van der Waals surface area contributed by atoms with E-state index in [1.54, 1.807) is 4.90 Å². The van der Waals surface area contributed by atoms with Crippen LogP contribution in [0.1, 0.15) is 24.1 Å². The maximum atomic E-state index is 12.5. The molecule has 1 atom stereocenters. The van der Waals surface area contributed by atoms with Crippen molar-refractivity contribution in [1.82, 2.24) is 5.32 Å². The quantitative estimate of drug-likeness (QED) is 0.608. The molecule has 2 aliphatic rings. The van der Waals surface area contributed by atoms with Crippen LogP contribution in [0.5, 0.6) is 11.5 Å². The molecule has 0 spiro atoms. The highest BCUT2D eigenvalue weighted by molar-refractivity contribution is 5.77. The summed E-state index contributed by atoms with van der Waals surface area (Å²) in [7, 11) is 0. The van der Waals surface area contributed by atoms with Crippen molar-refractivity contribution >= 4 is 12.0 Å². The number of ether oxygens (including phenoxy) is 2. The lowest BCUT2D eigenvalue weighted by atomic mass is 10.1. The van der Waals surface area contributed by atoms with E-state index in [1.807, 2.05) is 31.2 Å². The zero-order valence-electron chi connectivity index (χ0n) is 17.5. The van der Waals surface area contributed by atoms with Gasteiger partial charge >= 0.3 is 0 Å². The van der Waals surface area contributed by atoms with E-state index in [-0.39, 0.29) is 18.7 Å². The minimum absolute atomic E-state index is 0.0542. The molecule has 2 aliphatic heterocycles. The molecule has 0 saturated carbocycles. The van der Waals surface area contributed by atoms with Crippen LogP contribution in [0.2, 0.25) is 0 Å². The molecule has 2 aromatic rings. The van der Waals surface area contributed by atoms with Crippen LogP contribution in [0.4, 0.5) is 0 Å². The molecule has 2 heterocycles. The third kappa shape index (κ3) is 5.40. The number of amides is 1. The lowest BCUT2D eigenvalue weighted by Gasteiger charge is -2.29. The molecule has 4 rings (SSSR count). The molecular formula is C24H31N3O3+2. The fourth-order valence-corrected chi connectivity index (χ4v) is 4.05. The van der Waals surface area contributed by atoms with Gasteiger partial charge in [-0.3, -0.25) is 4.79 Å². The van der Waals surface area contributed by atoms with E-state index in [2.05, 4.69) is 41.7 Å². The van der Waals surface area contributed by atoms with Crippen molar-refractivity contribution < 1.29 is 24.1 Å². The van der Waals surface area contributed by atoms with Crippen molar-refractivity contribution in [2.45, 2.75) is 13.0 Å². The van der Waals surface area contributed by atoms with Crippen LogP contribution in [-0.4, -0.2) is 52.0 Å². The van der Waals surface area contributed by atoms with Crippen LogP contribution in [0.25, 0.3) is 6.08 Å². The van der Waals surface area contributed by atoms with E-state index >= 15 is 0 Å². The van der Waals surface area contributed by atoms with Crippen molar-refractivity contribution in [2.24, 2.45) is 0 Å². The highest BCUT2D eigenvalue weighted by Gasteiger charge is 2.25. The Labute approximate surface area is 178 Å². The van der Waals surface area contributed by atoms with Gasteiger partial charge in [-0.25, -0.2) is 0 Å². The summed E-state index contributed by atoms with van der Waals surface area (Å²) in [5.74, 6) is 1.61. The van der Waals surface area contributed by atoms with Gasteiger partial charge in [0.1, 0.15) is 26.2 Å². The summed E-state index contributed by atoms with van der Waals surface area (Å²) in [6.45, 7) is 8.09. The monoisotopic (exact) mass is 409 g/mol. The Morgan fingerprint density at radius 1 is 1.03 bits per heavy atom. The van der Waals surface area contributed by atoms with Crippen LogP contribution >= 0.6 is 0 Å². The number of rotatable bonds is 7. The normalized spacial score (nSPS) is 21.5. The van der Waals surface area contributed by atoms with Gasteiger partial charge in [-0.15, -0.1) is 0 Å². The zero-order valence-corrected chi connectivity index (χ0v) is 17.5. The number of piperazine rings is 1. The van der Waals surface area contributed by atoms with Crippen LogP contribution in [-0.2, 0) is 4.79 Å². The van der Waals surface area contributed by atoms with E-state index in [9.17, 15) is 4.79 Å². The fourth-order valence-electron chi connectivity index (χ4n) is 4.05. The SMILES string of the molecule is C[C@H](NC(=O)C[NH+]1CC[NH+](C/C=C/c2ccccc2)CC1)c1ccc2c(c1)OCO2. The van der Waals surface area contributed by atoms with Crippen molar-refractivity contribution in [1.29, 1.82) is 0 Å². The zero-order chi connectivity index (χ0) is 20.8. The molecule has 30 heavy (non-hydrogen) atoms. The molecular weight excluding hydrogens is 378 g/mol. The van der Waals surface area contributed by atoms with Gasteiger partial charge in [0.25, 0.3) is 5.91 Å². The van der Waals surface area contributed by atoms with Crippen LogP contribution in [0.3, 0.4) is 0 Å². The molecule has 3 N–H and O–H groups in total. The second kappa shape index (κ2) is 9.78. The lowest BCUT2D eigenvalue weighted by molar-refractivity contribution is -1.01. The second-order valence-electron chi connectivity index (χ2n) is 8.10. The first kappa shape index (κ1) is 20.4. The number of carbonyl (C=O) groups is 1. The van der Waals surface area contributed by atoms with Crippen molar-refractivity contribution in [2.75, 3.05) is 46.1 Å². The molecule has 1 amide bonds. The smallest absolute Gasteiger partial charge is 0.275 e. The Bertz CT molecular complexity index is 877. The molecule has 0 aromatic heterocycles. The number of nitrogens with one attached hydrogen (secondary N) is 3. The number of fused-ring (bicyclic) bond motifs is 1. The van der Waals surface area contributed by atoms with Crippen molar-refractivity contribution in [3.63, 3.8) is 0 Å². The molecule has 0 radical (unpaired) electrons. The molecule has 6 heteroatoms. The number of hydrogen-bond acceptors (Lipinski definition) is 3. The summed E-state index contributed by atoms with van der Waals surface area (Å²) in [6.07, 6.45) is 4.45. The highest BCUT2D eigenvalue weighted by Crippen LogP contribution is 2.34. The molecule has 1 saturated heterocycles. The number of carbonyl (C=O) groups excluding carboxylic acids is 1. The summed E-state index contributed by atoms with van der Waals surface area (Å²) < 4.78 is 10.8. The molecule has 0 aliphatic carbocycles. The Hall–Kier alpha value is -2.83. The molecule has 2 aromatic carbocycles. The predicted molar refractivity (Wildman–Crippen MR) is 116 cm³/mol. The average molecular weight is 410 g/mol. The molecule has 1 fully saturated rings. The van der Waals surface area contributed by atoms with Crippen LogP contribution in [0, 0.1) is 0 Å². The lowest BCUT2D eigenvalue weighted by Crippen LogP contribution is -3.28. The molecule has 158 valence electrons. The van der Waals surface area contributed by atoms with Gasteiger partial charge in [0, 0.05) is 0 Å². The predicted octanol–water partition coefficient (Wildman–Crippen LogP) is 0.0893. The molecule has 6 nitrogen and oxygen atoms in total. The standard InChI is InChI=1S/C24H29N3O3/c1-19(21-9-10-22-23(16-21)30-18-29-22)25-24(28)17-27-14-12-26(13-15-27)11-5-8-20-6-3-2-4-7-20/h2-10,16,19H,11-15,17-18H2,1H3,(H,25,28)/p+2/b8-5+/t19-/m0/s1. The summed E-state index contributed by atoms with van der Waals surface area (Å²) in [5.41, 5.74) is 2.27. The van der Waals surface area contributed by atoms with Crippen molar-refractivity contribution in [3.05, 3.63) is 65.7 Å². The Morgan fingerprint density at radius 2 is 1.77 bits per heavy atom. The summed E-state index contributed by atoms with van der Waals surface area (Å²) in [5, 5.41) is 3.12. The Balaban J connectivity index is 1.18. The maximum absolute atomic E-state index is 12.5. The minimum Gasteiger partial charge on any atom is -0.454 e. The van der Waals surface area contributed by atoms with E-state index in [1.165, 1.54) is 10.5 Å². The largest absolute Gasteiger partial charge is 0.454 e. The highest BCUT2D eigenvalue weighted by atomic mass is 16.7. The van der Waals surface area contributed by atoms with Gasteiger partial charge in [-0.2, -0.15) is 0 Å². The number of hydrogen-bond donors (Lipinski definition) is 3. The van der Waals surface area contributed by atoms with Gasteiger partial charge in [-0.05, 0) is 36.3 Å². The fraction of sp³-hybridized carbons (Fsp3) is 0.375. The first-order valence-corrected chi connectivity index (χ1v) is 10.7. The first-order chi connectivity index (χ1) is 14.7. The minimum atomic E-state index is -0.0542.